The minimum atomic E-state index is -3.87. The van der Waals surface area contributed by atoms with E-state index in [9.17, 15) is 22.3 Å². The monoisotopic (exact) mass is 558 g/mol. The fourth-order valence-electron chi connectivity index (χ4n) is 4.30. The van der Waals surface area contributed by atoms with Crippen LogP contribution in [-0.4, -0.2) is 38.1 Å². The fraction of sp³-hybridized carbons (Fsp3) is 0.160. The van der Waals surface area contributed by atoms with Crippen molar-refractivity contribution in [3.8, 4) is 0 Å². The third-order valence-corrected chi connectivity index (χ3v) is 7.95. The summed E-state index contributed by atoms with van der Waals surface area (Å²) in [6.07, 6.45) is 4.16. The van der Waals surface area contributed by atoms with E-state index in [1.54, 1.807) is 25.1 Å². The molecule has 0 bridgehead atoms. The molecule has 2 heterocycles. The van der Waals surface area contributed by atoms with Crippen molar-refractivity contribution < 1.29 is 22.3 Å². The average molecular weight is 559 g/mol. The van der Waals surface area contributed by atoms with Crippen molar-refractivity contribution in [2.24, 2.45) is 0 Å². The minimum absolute atomic E-state index is 0.0471. The maximum Gasteiger partial charge on any atom is 0.261 e. The van der Waals surface area contributed by atoms with Crippen LogP contribution in [0, 0.1) is 11.6 Å². The van der Waals surface area contributed by atoms with E-state index in [4.69, 9.17) is 11.6 Å². The third-order valence-electron chi connectivity index (χ3n) is 6.30. The van der Waals surface area contributed by atoms with Gasteiger partial charge >= 0.3 is 0 Å². The van der Waals surface area contributed by atoms with Crippen molar-refractivity contribution in [3.05, 3.63) is 102 Å². The van der Waals surface area contributed by atoms with Gasteiger partial charge < -0.3 is 5.11 Å². The van der Waals surface area contributed by atoms with E-state index in [0.29, 0.717) is 27.7 Å². The summed E-state index contributed by atoms with van der Waals surface area (Å²) in [6, 6.07) is 12.6. The van der Waals surface area contributed by atoms with Crippen molar-refractivity contribution in [1.29, 1.82) is 0 Å². The van der Waals surface area contributed by atoms with E-state index in [0.717, 1.165) is 6.07 Å². The number of rotatable bonds is 8. The predicted molar refractivity (Wildman–Crippen MR) is 137 cm³/mol. The molecule has 5 rings (SSSR count). The van der Waals surface area contributed by atoms with Crippen LogP contribution in [0.15, 0.2) is 84.4 Å². The summed E-state index contributed by atoms with van der Waals surface area (Å²) in [5.41, 5.74) is -1.22. The standard InChI is InChI=1S/C25H21ClF2N6O3S/c1-16(25(35,13-33-15-29-14-31-33)22-8-4-19(27)11-23(22)28)34-24-9-5-20(10-17(24)12-30-34)32-38(36,37)21-6-2-18(26)3-7-21/h2-12,14-16,32,35H,13H2,1H3. The summed E-state index contributed by atoms with van der Waals surface area (Å²) in [6.45, 7) is 1.44. The molecule has 0 saturated carbocycles. The molecule has 0 fully saturated rings. The molecule has 196 valence electrons. The Morgan fingerprint density at radius 2 is 1.84 bits per heavy atom. The smallest absolute Gasteiger partial charge is 0.261 e. The van der Waals surface area contributed by atoms with Gasteiger partial charge in [0.05, 0.1) is 29.2 Å². The number of fused-ring (bicyclic) bond motifs is 1. The number of sulfonamides is 1. The van der Waals surface area contributed by atoms with Gasteiger partial charge in [-0.15, -0.1) is 0 Å². The molecule has 2 atom stereocenters. The Morgan fingerprint density at radius 3 is 2.53 bits per heavy atom. The van der Waals surface area contributed by atoms with Crippen molar-refractivity contribution >= 4 is 38.2 Å². The first-order valence-electron chi connectivity index (χ1n) is 11.3. The summed E-state index contributed by atoms with van der Waals surface area (Å²) in [5.74, 6) is -1.70. The quantitative estimate of drug-likeness (QED) is 0.290. The Bertz CT molecular complexity index is 1710. The lowest BCUT2D eigenvalue weighted by molar-refractivity contribution is -0.0354. The Hall–Kier alpha value is -3.87. The number of nitrogens with zero attached hydrogens (tertiary/aromatic N) is 5. The van der Waals surface area contributed by atoms with Crippen LogP contribution >= 0.6 is 11.6 Å². The van der Waals surface area contributed by atoms with Crippen LogP contribution < -0.4 is 4.72 Å². The maximum absolute atomic E-state index is 14.9. The number of halogens is 3. The van der Waals surface area contributed by atoms with Gasteiger partial charge in [-0.1, -0.05) is 17.7 Å². The number of aromatic nitrogens is 5. The van der Waals surface area contributed by atoms with Crippen LogP contribution in [0.1, 0.15) is 18.5 Å². The first kappa shape index (κ1) is 25.8. The van der Waals surface area contributed by atoms with Crippen LogP contribution in [0.4, 0.5) is 14.5 Å². The molecule has 38 heavy (non-hydrogen) atoms. The zero-order valence-corrected chi connectivity index (χ0v) is 21.4. The fourth-order valence-corrected chi connectivity index (χ4v) is 5.48. The molecule has 2 N–H and O–H groups in total. The van der Waals surface area contributed by atoms with Gasteiger partial charge in [0.15, 0.2) is 0 Å². The predicted octanol–water partition coefficient (Wildman–Crippen LogP) is 4.51. The second kappa shape index (κ2) is 9.78. The normalized spacial score (nSPS) is 14.3. The lowest BCUT2D eigenvalue weighted by atomic mass is 9.86. The van der Waals surface area contributed by atoms with Gasteiger partial charge in [-0.2, -0.15) is 10.2 Å². The van der Waals surface area contributed by atoms with Crippen LogP contribution in [-0.2, 0) is 22.2 Å². The first-order valence-corrected chi connectivity index (χ1v) is 13.2. The van der Waals surface area contributed by atoms with Crippen LogP contribution in [0.25, 0.3) is 10.9 Å². The van der Waals surface area contributed by atoms with Crippen LogP contribution in [0.5, 0.6) is 0 Å². The molecule has 0 spiro atoms. The zero-order valence-electron chi connectivity index (χ0n) is 19.8. The highest BCUT2D eigenvalue weighted by atomic mass is 35.5. The molecule has 0 amide bonds. The van der Waals surface area contributed by atoms with Crippen molar-refractivity contribution in [1.82, 2.24) is 24.5 Å². The minimum Gasteiger partial charge on any atom is -0.381 e. The number of benzene rings is 3. The second-order valence-corrected chi connectivity index (χ2v) is 10.9. The van der Waals surface area contributed by atoms with E-state index in [1.807, 2.05) is 0 Å². The van der Waals surface area contributed by atoms with Crippen molar-refractivity contribution in [2.45, 2.75) is 30.0 Å². The molecule has 9 nitrogen and oxygen atoms in total. The lowest BCUT2D eigenvalue weighted by Crippen LogP contribution is -2.41. The molecule has 0 radical (unpaired) electrons. The van der Waals surface area contributed by atoms with E-state index in [-0.39, 0.29) is 17.0 Å². The summed E-state index contributed by atoms with van der Waals surface area (Å²) >= 11 is 5.85. The molecule has 0 aliphatic rings. The van der Waals surface area contributed by atoms with Crippen LogP contribution in [0.3, 0.4) is 0 Å². The molecule has 0 aliphatic carbocycles. The third kappa shape index (κ3) is 4.85. The van der Waals surface area contributed by atoms with E-state index < -0.39 is 33.3 Å². The Balaban J connectivity index is 1.51. The summed E-state index contributed by atoms with van der Waals surface area (Å²) < 4.78 is 59.5. The highest BCUT2D eigenvalue weighted by Gasteiger charge is 2.41. The van der Waals surface area contributed by atoms with Crippen molar-refractivity contribution in [3.63, 3.8) is 0 Å². The van der Waals surface area contributed by atoms with Gasteiger partial charge in [-0.3, -0.25) is 9.40 Å². The van der Waals surface area contributed by atoms with Gasteiger partial charge in [0.25, 0.3) is 10.0 Å². The average Bonchev–Trinajstić information content (AvgIpc) is 3.53. The second-order valence-electron chi connectivity index (χ2n) is 8.74. The largest absolute Gasteiger partial charge is 0.381 e. The van der Waals surface area contributed by atoms with Gasteiger partial charge in [-0.05, 0) is 55.5 Å². The number of anilines is 1. The van der Waals surface area contributed by atoms with Gasteiger partial charge in [-0.25, -0.2) is 26.9 Å². The van der Waals surface area contributed by atoms with Gasteiger partial charge in [0.1, 0.15) is 29.9 Å². The number of nitrogens with one attached hydrogen (secondary N) is 1. The van der Waals surface area contributed by atoms with Gasteiger partial charge in [0, 0.05) is 27.7 Å². The number of hydrogen-bond donors (Lipinski definition) is 2. The molecule has 0 saturated heterocycles. The van der Waals surface area contributed by atoms with Crippen molar-refractivity contribution in [2.75, 3.05) is 4.72 Å². The summed E-state index contributed by atoms with van der Waals surface area (Å²) in [4.78, 5) is 3.92. The Kier molecular flexibility index (Phi) is 6.63. The SMILES string of the molecule is CC(n1ncc2cc(NS(=O)(=O)c3ccc(Cl)cc3)ccc21)C(O)(Cn1cncn1)c1ccc(F)cc1F. The highest BCUT2D eigenvalue weighted by molar-refractivity contribution is 7.92. The molecule has 0 aliphatic heterocycles. The first-order chi connectivity index (χ1) is 18.1. The highest BCUT2D eigenvalue weighted by Crippen LogP contribution is 2.38. The Morgan fingerprint density at radius 1 is 1.08 bits per heavy atom. The zero-order chi connectivity index (χ0) is 27.1. The Labute approximate surface area is 221 Å². The van der Waals surface area contributed by atoms with E-state index in [2.05, 4.69) is 19.9 Å². The molecule has 2 unspecified atom stereocenters. The van der Waals surface area contributed by atoms with Crippen LogP contribution in [0.2, 0.25) is 5.02 Å². The molecular formula is C25H21ClF2N6O3S. The summed E-state index contributed by atoms with van der Waals surface area (Å²) in [5, 5.41) is 21.3. The number of hydrogen-bond acceptors (Lipinski definition) is 6. The lowest BCUT2D eigenvalue weighted by Gasteiger charge is -2.35. The van der Waals surface area contributed by atoms with Gasteiger partial charge in [0.2, 0.25) is 0 Å². The molecule has 2 aromatic heterocycles. The topological polar surface area (TPSA) is 115 Å². The maximum atomic E-state index is 14.9. The summed E-state index contributed by atoms with van der Waals surface area (Å²) in [7, 11) is -3.87. The molecular weight excluding hydrogens is 538 g/mol. The molecule has 3 aromatic carbocycles. The van der Waals surface area contributed by atoms with E-state index in [1.165, 1.54) is 58.5 Å². The molecule has 13 heteroatoms. The molecule has 5 aromatic rings. The van der Waals surface area contributed by atoms with E-state index >= 15 is 0 Å². The number of aliphatic hydroxyl groups is 1.